The topological polar surface area (TPSA) is 121 Å². The first-order valence-electron chi connectivity index (χ1n) is 8.45. The summed E-state index contributed by atoms with van der Waals surface area (Å²) >= 11 is 6.11. The lowest BCUT2D eigenvalue weighted by Gasteiger charge is -2.33. The molecule has 2 N–H and O–H groups in total. The van der Waals surface area contributed by atoms with Crippen LogP contribution < -0.4 is 5.32 Å². The number of unbranched alkanes of at least 4 members (excludes halogenated alkanes) is 1. The zero-order valence-electron chi connectivity index (χ0n) is 15.4. The first kappa shape index (κ1) is 20.6. The fraction of sp³-hybridized carbons (Fsp3) is 0.471. The molecule has 9 nitrogen and oxygen atoms in total. The van der Waals surface area contributed by atoms with Crippen LogP contribution in [-0.2, 0) is 0 Å². The van der Waals surface area contributed by atoms with E-state index in [0.717, 1.165) is 6.42 Å². The number of nitrogens with one attached hydrogen (secondary N) is 1. The van der Waals surface area contributed by atoms with E-state index in [1.54, 1.807) is 0 Å². The molecular formula is C17H22ClN5O4. The summed E-state index contributed by atoms with van der Waals surface area (Å²) in [5.74, 6) is 0.393. The number of amides is 1. The second-order valence-electron chi connectivity index (χ2n) is 7.03. The van der Waals surface area contributed by atoms with Crippen LogP contribution in [-0.4, -0.2) is 49.6 Å². The van der Waals surface area contributed by atoms with Crippen LogP contribution in [0.3, 0.4) is 0 Å². The van der Waals surface area contributed by atoms with Crippen LogP contribution in [0.25, 0.3) is 11.0 Å². The molecule has 2 aromatic rings. The zero-order valence-corrected chi connectivity index (χ0v) is 16.2. The van der Waals surface area contributed by atoms with Gasteiger partial charge in [-0.25, -0.2) is 14.8 Å². The highest BCUT2D eigenvalue weighted by Gasteiger charge is 2.25. The summed E-state index contributed by atoms with van der Waals surface area (Å²) in [7, 11) is 0. The Labute approximate surface area is 161 Å². The molecule has 1 aromatic heterocycles. The lowest BCUT2D eigenvalue weighted by atomic mass is 10.1. The fourth-order valence-electron chi connectivity index (χ4n) is 2.57. The molecule has 0 fully saturated rings. The molecule has 0 bridgehead atoms. The van der Waals surface area contributed by atoms with Gasteiger partial charge in [0, 0.05) is 30.8 Å². The van der Waals surface area contributed by atoms with E-state index in [1.165, 1.54) is 23.1 Å². The summed E-state index contributed by atoms with van der Waals surface area (Å²) in [6, 6.07) is 4.21. The molecule has 2 rings (SSSR count). The summed E-state index contributed by atoms with van der Waals surface area (Å²) in [5.41, 5.74) is 0.323. The molecule has 0 atom stereocenters. The number of non-ortho nitro benzene ring substituents is 1. The van der Waals surface area contributed by atoms with E-state index >= 15 is 0 Å². The zero-order chi connectivity index (χ0) is 20.2. The molecule has 146 valence electrons. The Hall–Kier alpha value is -2.68. The van der Waals surface area contributed by atoms with Crippen molar-refractivity contribution >= 4 is 40.2 Å². The summed E-state index contributed by atoms with van der Waals surface area (Å²) in [5, 5.41) is 23.3. The lowest BCUT2D eigenvalue weighted by Crippen LogP contribution is -2.45. The number of nitrogens with zero attached hydrogens (tertiary/aromatic N) is 4. The van der Waals surface area contributed by atoms with Crippen LogP contribution in [0.4, 0.5) is 16.3 Å². The van der Waals surface area contributed by atoms with E-state index in [-0.39, 0.29) is 10.8 Å². The van der Waals surface area contributed by atoms with Crippen LogP contribution in [0.5, 0.6) is 0 Å². The highest BCUT2D eigenvalue weighted by atomic mass is 35.5. The van der Waals surface area contributed by atoms with Gasteiger partial charge in [-0.05, 0) is 39.7 Å². The number of hydrogen-bond acceptors (Lipinski definition) is 6. The van der Waals surface area contributed by atoms with Crippen molar-refractivity contribution in [3.63, 3.8) is 0 Å². The maximum absolute atomic E-state index is 11.3. The minimum atomic E-state index is -0.937. The van der Waals surface area contributed by atoms with Crippen LogP contribution in [0.1, 0.15) is 33.6 Å². The Morgan fingerprint density at radius 2 is 2.00 bits per heavy atom. The van der Waals surface area contributed by atoms with Crippen LogP contribution in [0.2, 0.25) is 5.15 Å². The van der Waals surface area contributed by atoms with Crippen molar-refractivity contribution in [2.24, 2.45) is 0 Å². The minimum absolute atomic E-state index is 0.0737. The number of anilines is 1. The molecule has 0 aliphatic rings. The average Bonchev–Trinajstić information content (AvgIpc) is 2.56. The highest BCUT2D eigenvalue weighted by Crippen LogP contribution is 2.24. The first-order chi connectivity index (χ1) is 12.6. The van der Waals surface area contributed by atoms with Crippen molar-refractivity contribution in [3.05, 3.63) is 33.5 Å². The Balaban J connectivity index is 1.95. The highest BCUT2D eigenvalue weighted by molar-refractivity contribution is 6.32. The van der Waals surface area contributed by atoms with Gasteiger partial charge in [0.2, 0.25) is 0 Å². The molecule has 10 heteroatoms. The Morgan fingerprint density at radius 1 is 1.30 bits per heavy atom. The number of benzene rings is 1. The number of nitro groups is 1. The summed E-state index contributed by atoms with van der Waals surface area (Å²) in [6.07, 6.45) is 0.463. The van der Waals surface area contributed by atoms with Crippen molar-refractivity contribution in [2.45, 2.75) is 39.2 Å². The van der Waals surface area contributed by atoms with Gasteiger partial charge in [0.05, 0.1) is 16.0 Å². The largest absolute Gasteiger partial charge is 0.465 e. The fourth-order valence-corrected chi connectivity index (χ4v) is 2.77. The third-order valence-electron chi connectivity index (χ3n) is 3.96. The van der Waals surface area contributed by atoms with E-state index in [2.05, 4.69) is 15.3 Å². The van der Waals surface area contributed by atoms with Crippen LogP contribution in [0, 0.1) is 10.1 Å². The molecule has 1 amide bonds. The molecule has 27 heavy (non-hydrogen) atoms. The van der Waals surface area contributed by atoms with E-state index < -0.39 is 16.6 Å². The van der Waals surface area contributed by atoms with Crippen molar-refractivity contribution in [3.8, 4) is 0 Å². The quantitative estimate of drug-likeness (QED) is 0.410. The van der Waals surface area contributed by atoms with Crippen molar-refractivity contribution < 1.29 is 14.8 Å². The summed E-state index contributed by atoms with van der Waals surface area (Å²) in [4.78, 5) is 31.5. The van der Waals surface area contributed by atoms with Gasteiger partial charge in [-0.2, -0.15) is 0 Å². The Morgan fingerprint density at radius 3 is 2.59 bits per heavy atom. The number of aromatic nitrogens is 2. The first-order valence-corrected chi connectivity index (χ1v) is 8.83. The molecule has 0 aliphatic carbocycles. The smallest absolute Gasteiger partial charge is 0.407 e. The van der Waals surface area contributed by atoms with Gasteiger partial charge >= 0.3 is 6.09 Å². The van der Waals surface area contributed by atoms with Gasteiger partial charge < -0.3 is 15.3 Å². The Kier molecular flexibility index (Phi) is 6.37. The third kappa shape index (κ3) is 5.40. The van der Waals surface area contributed by atoms with E-state index in [0.29, 0.717) is 36.4 Å². The van der Waals surface area contributed by atoms with Crippen molar-refractivity contribution in [2.75, 3.05) is 18.4 Å². The SMILES string of the molecule is CC(C)(C)N(CCCCNc1nc2ccc([N+](=O)[O-])cc2nc1Cl)C(=O)O. The molecule has 0 unspecified atom stereocenters. The Bertz CT molecular complexity index is 853. The van der Waals surface area contributed by atoms with Gasteiger partial charge in [-0.3, -0.25) is 10.1 Å². The molecule has 0 spiro atoms. The van der Waals surface area contributed by atoms with Crippen LogP contribution >= 0.6 is 11.6 Å². The summed E-state index contributed by atoms with van der Waals surface area (Å²) < 4.78 is 0. The average molecular weight is 396 g/mol. The molecule has 0 saturated heterocycles. The number of rotatable bonds is 7. The van der Waals surface area contributed by atoms with Crippen molar-refractivity contribution in [1.82, 2.24) is 14.9 Å². The number of hydrogen-bond donors (Lipinski definition) is 2. The third-order valence-corrected chi connectivity index (χ3v) is 4.22. The number of carbonyl (C=O) groups is 1. The normalized spacial score (nSPS) is 11.4. The lowest BCUT2D eigenvalue weighted by molar-refractivity contribution is -0.384. The number of halogens is 1. The number of carboxylic acid groups (broad SMARTS) is 1. The predicted molar refractivity (Wildman–Crippen MR) is 103 cm³/mol. The monoisotopic (exact) mass is 395 g/mol. The number of nitro benzene ring substituents is 1. The van der Waals surface area contributed by atoms with E-state index in [9.17, 15) is 20.0 Å². The van der Waals surface area contributed by atoms with Crippen molar-refractivity contribution in [1.29, 1.82) is 0 Å². The van der Waals surface area contributed by atoms with E-state index in [1.807, 2.05) is 20.8 Å². The predicted octanol–water partition coefficient (Wildman–Crippen LogP) is 4.16. The second kappa shape index (κ2) is 8.34. The minimum Gasteiger partial charge on any atom is -0.465 e. The van der Waals surface area contributed by atoms with Gasteiger partial charge in [-0.1, -0.05) is 11.6 Å². The molecular weight excluding hydrogens is 374 g/mol. The van der Waals surface area contributed by atoms with E-state index in [4.69, 9.17) is 11.6 Å². The summed E-state index contributed by atoms with van der Waals surface area (Å²) in [6.45, 7) is 6.54. The number of fused-ring (bicyclic) bond motifs is 1. The maximum atomic E-state index is 11.3. The van der Waals surface area contributed by atoms with Gasteiger partial charge in [-0.15, -0.1) is 0 Å². The standard InChI is InChI=1S/C17H22ClN5O4/c1-17(2,3)22(16(24)25)9-5-4-8-19-15-14(18)20-13-10-11(23(26)27)6-7-12(13)21-15/h6-7,10H,4-5,8-9H2,1-3H3,(H,19,21)(H,24,25). The van der Waals surface area contributed by atoms with Gasteiger partial charge in [0.15, 0.2) is 11.0 Å². The molecule has 0 radical (unpaired) electrons. The van der Waals surface area contributed by atoms with Crippen LogP contribution in [0.15, 0.2) is 18.2 Å². The molecule has 0 aliphatic heterocycles. The van der Waals surface area contributed by atoms with Gasteiger partial charge in [0.25, 0.3) is 5.69 Å². The second-order valence-corrected chi connectivity index (χ2v) is 7.39. The molecule has 1 heterocycles. The molecule has 1 aromatic carbocycles. The maximum Gasteiger partial charge on any atom is 0.407 e. The molecule has 0 saturated carbocycles. The van der Waals surface area contributed by atoms with Gasteiger partial charge in [0.1, 0.15) is 0 Å².